The number of hydrogen-bond acceptors (Lipinski definition) is 1. The minimum Gasteiger partial charge on any atom is -0.478 e. The topological polar surface area (TPSA) is 37.3 Å². The van der Waals surface area contributed by atoms with Crippen LogP contribution in [0.2, 0.25) is 0 Å². The molecular weight excluding hydrogens is 368 g/mol. The van der Waals surface area contributed by atoms with Crippen molar-refractivity contribution < 1.29 is 9.90 Å². The second-order valence-corrected chi connectivity index (χ2v) is 9.51. The van der Waals surface area contributed by atoms with Gasteiger partial charge in [0, 0.05) is 0 Å². The monoisotopic (exact) mass is 418 g/mol. The maximum absolute atomic E-state index is 11.4. The highest BCUT2D eigenvalue weighted by Gasteiger charge is 2.25. The summed E-state index contributed by atoms with van der Waals surface area (Å²) in [6.45, 7) is 4.50. The lowest BCUT2D eigenvalue weighted by Crippen LogP contribution is -2.08. The van der Waals surface area contributed by atoms with Crippen LogP contribution >= 0.6 is 0 Å². The molecule has 1 saturated carbocycles. The van der Waals surface area contributed by atoms with Crippen molar-refractivity contribution in [3.8, 4) is 0 Å². The zero-order chi connectivity index (χ0) is 21.9. The average molecular weight is 419 g/mol. The zero-order valence-electron chi connectivity index (χ0n) is 20.2. The molecule has 0 unspecified atom stereocenters. The minimum absolute atomic E-state index is 0.479. The first kappa shape index (κ1) is 27.0. The Hall–Kier alpha value is -1.05. The van der Waals surface area contributed by atoms with Crippen molar-refractivity contribution in [1.82, 2.24) is 0 Å². The van der Waals surface area contributed by atoms with E-state index in [9.17, 15) is 9.90 Å². The van der Waals surface area contributed by atoms with Crippen molar-refractivity contribution in [1.29, 1.82) is 0 Å². The molecule has 0 aromatic carbocycles. The number of carboxylic acids is 1. The third kappa shape index (κ3) is 13.3. The van der Waals surface area contributed by atoms with Crippen molar-refractivity contribution in [3.05, 3.63) is 23.8 Å². The van der Waals surface area contributed by atoms with Crippen molar-refractivity contribution in [3.63, 3.8) is 0 Å². The largest absolute Gasteiger partial charge is 0.478 e. The molecule has 2 nitrogen and oxygen atoms in total. The molecule has 1 rings (SSSR count). The summed E-state index contributed by atoms with van der Waals surface area (Å²) in [7, 11) is 0. The normalized spacial score (nSPS) is 19.7. The maximum Gasteiger partial charge on any atom is 0.335 e. The van der Waals surface area contributed by atoms with Gasteiger partial charge in [0.1, 0.15) is 0 Å². The molecule has 1 fully saturated rings. The molecule has 1 aliphatic rings. The van der Waals surface area contributed by atoms with Crippen LogP contribution < -0.4 is 0 Å². The quantitative estimate of drug-likeness (QED) is 0.129. The van der Waals surface area contributed by atoms with E-state index in [4.69, 9.17) is 0 Å². The Morgan fingerprint density at radius 3 is 1.93 bits per heavy atom. The molecular formula is C28H50O2. The van der Waals surface area contributed by atoms with E-state index in [0.717, 1.165) is 31.1 Å². The smallest absolute Gasteiger partial charge is 0.335 e. The second-order valence-electron chi connectivity index (χ2n) is 9.51. The van der Waals surface area contributed by atoms with Gasteiger partial charge in [0.05, 0.1) is 5.57 Å². The maximum atomic E-state index is 11.4. The number of allylic oxidation sites excluding steroid dienone is 2. The first-order chi connectivity index (χ1) is 14.7. The van der Waals surface area contributed by atoms with Gasteiger partial charge in [0.15, 0.2) is 0 Å². The molecule has 0 aromatic heterocycles. The fraction of sp³-hybridized carbons (Fsp3) is 0.821. The van der Waals surface area contributed by atoms with E-state index in [1.54, 1.807) is 0 Å². The molecule has 30 heavy (non-hydrogen) atoms. The van der Waals surface area contributed by atoms with Gasteiger partial charge in [-0.15, -0.1) is 0 Å². The lowest BCUT2D eigenvalue weighted by atomic mass is 9.87. The van der Waals surface area contributed by atoms with E-state index in [1.807, 2.05) is 18.2 Å². The molecule has 1 N–H and O–H groups in total. The van der Waals surface area contributed by atoms with E-state index in [1.165, 1.54) is 103 Å². The summed E-state index contributed by atoms with van der Waals surface area (Å²) in [5.74, 6) is 1.12. The first-order valence-corrected chi connectivity index (χ1v) is 13.3. The van der Waals surface area contributed by atoms with Crippen LogP contribution in [-0.4, -0.2) is 11.1 Å². The number of rotatable bonds is 19. The number of hydrogen-bond donors (Lipinski definition) is 1. The van der Waals surface area contributed by atoms with Crippen molar-refractivity contribution in [2.24, 2.45) is 11.8 Å². The highest BCUT2D eigenvalue weighted by molar-refractivity contribution is 5.89. The molecule has 0 saturated heterocycles. The van der Waals surface area contributed by atoms with Gasteiger partial charge in [-0.2, -0.15) is 0 Å². The summed E-state index contributed by atoms with van der Waals surface area (Å²) >= 11 is 0. The second kappa shape index (κ2) is 18.7. The van der Waals surface area contributed by atoms with Crippen LogP contribution in [0.4, 0.5) is 0 Å². The average Bonchev–Trinajstić information content (AvgIpc) is 3.18. The van der Waals surface area contributed by atoms with Crippen LogP contribution in [0.1, 0.15) is 136 Å². The van der Waals surface area contributed by atoms with Crippen LogP contribution in [0.25, 0.3) is 0 Å². The molecule has 0 radical (unpaired) electrons. The highest BCUT2D eigenvalue weighted by atomic mass is 16.4. The van der Waals surface area contributed by atoms with Crippen LogP contribution in [-0.2, 0) is 4.79 Å². The lowest BCUT2D eigenvalue weighted by Gasteiger charge is -2.19. The minimum atomic E-state index is -0.783. The zero-order valence-corrected chi connectivity index (χ0v) is 20.2. The van der Waals surface area contributed by atoms with Crippen molar-refractivity contribution in [2.75, 3.05) is 0 Å². The van der Waals surface area contributed by atoms with Gasteiger partial charge in [-0.1, -0.05) is 128 Å². The van der Waals surface area contributed by atoms with Crippen LogP contribution in [0.3, 0.4) is 0 Å². The predicted octanol–water partition coefficient (Wildman–Crippen LogP) is 9.25. The standard InChI is InChI=1S/C28H50O2/c1-3-5-7-9-11-14-19-25-23-18-24-26(25)20-16-13-17-22-27(28(29)30)21-15-12-10-8-6-4-2/h15,21-22,25-26H,3-14,16-20,23-24H2,1-2H3,(H,29,30)/t25-,26-/m0/s1. The van der Waals surface area contributed by atoms with E-state index in [-0.39, 0.29) is 0 Å². The Labute approximate surface area is 187 Å². The van der Waals surface area contributed by atoms with E-state index < -0.39 is 5.97 Å². The molecule has 0 spiro atoms. The van der Waals surface area contributed by atoms with Crippen LogP contribution in [0.15, 0.2) is 23.8 Å². The van der Waals surface area contributed by atoms with E-state index in [2.05, 4.69) is 13.8 Å². The fourth-order valence-electron chi connectivity index (χ4n) is 4.99. The fourth-order valence-corrected chi connectivity index (χ4v) is 4.99. The molecule has 2 atom stereocenters. The Kier molecular flexibility index (Phi) is 16.8. The molecule has 0 aromatic rings. The van der Waals surface area contributed by atoms with Gasteiger partial charge >= 0.3 is 5.97 Å². The summed E-state index contributed by atoms with van der Waals surface area (Å²) in [5, 5.41) is 9.41. The molecule has 0 heterocycles. The summed E-state index contributed by atoms with van der Waals surface area (Å²) in [4.78, 5) is 11.4. The Morgan fingerprint density at radius 2 is 1.30 bits per heavy atom. The molecule has 0 bridgehead atoms. The number of unbranched alkanes of at least 4 members (excludes halogenated alkanes) is 11. The molecule has 0 amide bonds. The molecule has 0 aliphatic heterocycles. The van der Waals surface area contributed by atoms with Gasteiger partial charge in [-0.3, -0.25) is 0 Å². The van der Waals surface area contributed by atoms with Gasteiger partial charge in [-0.05, 0) is 37.5 Å². The molecule has 2 heteroatoms. The summed E-state index contributed by atoms with van der Waals surface area (Å²) in [6, 6.07) is 0. The van der Waals surface area contributed by atoms with E-state index >= 15 is 0 Å². The number of aliphatic carboxylic acids is 1. The molecule has 174 valence electrons. The third-order valence-corrected chi connectivity index (χ3v) is 6.91. The summed E-state index contributed by atoms with van der Waals surface area (Å²) in [5.41, 5.74) is 0.479. The molecule has 1 aliphatic carbocycles. The number of carboxylic acid groups (broad SMARTS) is 1. The summed E-state index contributed by atoms with van der Waals surface area (Å²) in [6.07, 6.45) is 30.5. The van der Waals surface area contributed by atoms with Crippen molar-refractivity contribution >= 4 is 5.97 Å². The van der Waals surface area contributed by atoms with Crippen LogP contribution in [0.5, 0.6) is 0 Å². The SMILES string of the molecule is CCCCCCC=CC(=CCCCC[C@H]1CCC[C@@H]1CCCCCCCC)C(=O)O. The Morgan fingerprint density at radius 1 is 0.767 bits per heavy atom. The lowest BCUT2D eigenvalue weighted by molar-refractivity contribution is -0.132. The Balaban J connectivity index is 2.19. The van der Waals surface area contributed by atoms with Gasteiger partial charge in [-0.25, -0.2) is 4.79 Å². The van der Waals surface area contributed by atoms with Gasteiger partial charge < -0.3 is 5.11 Å². The van der Waals surface area contributed by atoms with Crippen molar-refractivity contribution in [2.45, 2.75) is 136 Å². The summed E-state index contributed by atoms with van der Waals surface area (Å²) < 4.78 is 0. The van der Waals surface area contributed by atoms with E-state index in [0.29, 0.717) is 5.57 Å². The third-order valence-electron chi connectivity index (χ3n) is 6.91. The van der Waals surface area contributed by atoms with Gasteiger partial charge in [0.2, 0.25) is 0 Å². The van der Waals surface area contributed by atoms with Crippen LogP contribution in [0, 0.1) is 11.8 Å². The number of carbonyl (C=O) groups is 1. The first-order valence-electron chi connectivity index (χ1n) is 13.3. The predicted molar refractivity (Wildman–Crippen MR) is 131 cm³/mol. The van der Waals surface area contributed by atoms with Gasteiger partial charge in [0.25, 0.3) is 0 Å². The highest BCUT2D eigenvalue weighted by Crippen LogP contribution is 2.38. The Bertz CT molecular complexity index is 477.